The van der Waals surface area contributed by atoms with Gasteiger partial charge in [-0.2, -0.15) is 0 Å². The molecule has 0 aliphatic rings. The Hall–Kier alpha value is -1.62. The molecular formula is C11H16N2O3. The molecule has 1 heterocycles. The van der Waals surface area contributed by atoms with Crippen molar-refractivity contribution in [3.63, 3.8) is 0 Å². The van der Waals surface area contributed by atoms with E-state index in [1.807, 2.05) is 6.92 Å². The Bertz CT molecular complexity index is 338. The number of aromatic nitrogens is 1. The van der Waals surface area contributed by atoms with Crippen molar-refractivity contribution in [2.45, 2.75) is 20.0 Å². The summed E-state index contributed by atoms with van der Waals surface area (Å²) in [4.78, 5) is 14.8. The van der Waals surface area contributed by atoms with Crippen LogP contribution < -0.4 is 10.1 Å². The van der Waals surface area contributed by atoms with Crippen LogP contribution in [-0.2, 0) is 9.53 Å². The molecule has 0 aliphatic heterocycles. The van der Waals surface area contributed by atoms with Crippen LogP contribution in [-0.4, -0.2) is 30.7 Å². The Balaban J connectivity index is 2.48. The van der Waals surface area contributed by atoms with E-state index in [0.717, 1.165) is 0 Å². The highest BCUT2D eigenvalue weighted by Gasteiger charge is 2.02. The summed E-state index contributed by atoms with van der Waals surface area (Å²) in [6.07, 6.45) is 1.60. The Labute approximate surface area is 94.8 Å². The molecule has 0 saturated carbocycles. The Kier molecular flexibility index (Phi) is 4.72. The van der Waals surface area contributed by atoms with Crippen LogP contribution in [0.1, 0.15) is 13.8 Å². The maximum Gasteiger partial charge on any atom is 0.222 e. The number of nitrogens with one attached hydrogen (secondary N) is 1. The highest BCUT2D eigenvalue weighted by Crippen LogP contribution is 2.12. The largest absolute Gasteiger partial charge is 0.489 e. The summed E-state index contributed by atoms with van der Waals surface area (Å²) in [6, 6.07) is 3.44. The number of nitrogens with zero attached hydrogens (tertiary/aromatic N) is 1. The average molecular weight is 224 g/mol. The van der Waals surface area contributed by atoms with Gasteiger partial charge in [0.05, 0.1) is 12.3 Å². The van der Waals surface area contributed by atoms with Crippen LogP contribution in [0.2, 0.25) is 0 Å². The predicted octanol–water partition coefficient (Wildman–Crippen LogP) is 1.45. The first-order chi connectivity index (χ1) is 7.61. The normalized spacial score (nSPS) is 11.9. The van der Waals surface area contributed by atoms with Crippen molar-refractivity contribution in [1.29, 1.82) is 0 Å². The van der Waals surface area contributed by atoms with Crippen LogP contribution in [0.25, 0.3) is 0 Å². The van der Waals surface area contributed by atoms with Crippen LogP contribution >= 0.6 is 0 Å². The van der Waals surface area contributed by atoms with Gasteiger partial charge in [0.15, 0.2) is 0 Å². The van der Waals surface area contributed by atoms with Gasteiger partial charge < -0.3 is 14.8 Å². The number of amides is 1. The summed E-state index contributed by atoms with van der Waals surface area (Å²) in [6.45, 7) is 3.82. The second-order valence-electron chi connectivity index (χ2n) is 3.42. The second kappa shape index (κ2) is 6.07. The third kappa shape index (κ3) is 4.27. The maximum absolute atomic E-state index is 10.8. The number of hydrogen-bond acceptors (Lipinski definition) is 4. The Morgan fingerprint density at radius 3 is 2.81 bits per heavy atom. The molecule has 1 unspecified atom stereocenters. The minimum absolute atomic E-state index is 0.0371. The highest BCUT2D eigenvalue weighted by molar-refractivity contribution is 5.87. The number of pyridine rings is 1. The van der Waals surface area contributed by atoms with Crippen LogP contribution in [0, 0.1) is 0 Å². The monoisotopic (exact) mass is 224 g/mol. The van der Waals surface area contributed by atoms with E-state index in [-0.39, 0.29) is 12.0 Å². The van der Waals surface area contributed by atoms with Gasteiger partial charge in [-0.3, -0.25) is 4.79 Å². The zero-order valence-corrected chi connectivity index (χ0v) is 9.69. The molecule has 0 spiro atoms. The van der Waals surface area contributed by atoms with E-state index >= 15 is 0 Å². The van der Waals surface area contributed by atoms with Gasteiger partial charge in [0.2, 0.25) is 5.91 Å². The molecule has 88 valence electrons. The summed E-state index contributed by atoms with van der Waals surface area (Å²) in [5, 5.41) is 2.58. The third-order valence-corrected chi connectivity index (χ3v) is 1.93. The van der Waals surface area contributed by atoms with Gasteiger partial charge in [-0.25, -0.2) is 4.98 Å². The fraction of sp³-hybridized carbons (Fsp3) is 0.455. The van der Waals surface area contributed by atoms with Crippen LogP contribution in [0.4, 0.5) is 5.82 Å². The SMILES string of the molecule is COC(C)COc1ccc(NC(C)=O)nc1. The third-order valence-electron chi connectivity index (χ3n) is 1.93. The van der Waals surface area contributed by atoms with Gasteiger partial charge in [0.25, 0.3) is 0 Å². The molecule has 0 saturated heterocycles. The number of anilines is 1. The van der Waals surface area contributed by atoms with Gasteiger partial charge in [-0.1, -0.05) is 0 Å². The molecule has 0 bridgehead atoms. The standard InChI is InChI=1S/C11H16N2O3/c1-8(15-3)7-16-10-4-5-11(12-6-10)13-9(2)14/h4-6,8H,7H2,1-3H3,(H,12,13,14). The fourth-order valence-electron chi connectivity index (χ4n) is 1.00. The lowest BCUT2D eigenvalue weighted by atomic mass is 10.4. The quantitative estimate of drug-likeness (QED) is 0.822. The molecule has 1 aromatic heterocycles. The molecule has 1 aromatic rings. The average Bonchev–Trinajstić information content (AvgIpc) is 2.27. The van der Waals surface area contributed by atoms with Gasteiger partial charge >= 0.3 is 0 Å². The lowest BCUT2D eigenvalue weighted by molar-refractivity contribution is -0.114. The van der Waals surface area contributed by atoms with Crippen molar-refractivity contribution in [3.05, 3.63) is 18.3 Å². The topological polar surface area (TPSA) is 60.5 Å². The van der Waals surface area contributed by atoms with Crippen molar-refractivity contribution in [3.8, 4) is 5.75 Å². The molecule has 1 atom stereocenters. The zero-order chi connectivity index (χ0) is 12.0. The van der Waals surface area contributed by atoms with Crippen molar-refractivity contribution < 1.29 is 14.3 Å². The summed E-state index contributed by atoms with van der Waals surface area (Å²) in [5.41, 5.74) is 0. The van der Waals surface area contributed by atoms with Crippen molar-refractivity contribution in [2.75, 3.05) is 19.0 Å². The lowest BCUT2D eigenvalue weighted by Gasteiger charge is -2.11. The molecular weight excluding hydrogens is 208 g/mol. The summed E-state index contributed by atoms with van der Waals surface area (Å²) in [5.74, 6) is 1.02. The molecule has 1 N–H and O–H groups in total. The van der Waals surface area contributed by atoms with Gasteiger partial charge in [-0.05, 0) is 19.1 Å². The lowest BCUT2D eigenvalue weighted by Crippen LogP contribution is -2.16. The molecule has 16 heavy (non-hydrogen) atoms. The summed E-state index contributed by atoms with van der Waals surface area (Å²) < 4.78 is 10.5. The fourth-order valence-corrected chi connectivity index (χ4v) is 1.00. The van der Waals surface area contributed by atoms with E-state index in [2.05, 4.69) is 10.3 Å². The van der Waals surface area contributed by atoms with Gasteiger partial charge in [-0.15, -0.1) is 0 Å². The predicted molar refractivity (Wildman–Crippen MR) is 60.5 cm³/mol. The smallest absolute Gasteiger partial charge is 0.222 e. The van der Waals surface area contributed by atoms with Crippen molar-refractivity contribution in [2.24, 2.45) is 0 Å². The number of methoxy groups -OCH3 is 1. The maximum atomic E-state index is 10.8. The van der Waals surface area contributed by atoms with Crippen LogP contribution in [0.3, 0.4) is 0 Å². The molecule has 0 aromatic carbocycles. The minimum Gasteiger partial charge on any atom is -0.489 e. The number of carbonyl (C=O) groups excluding carboxylic acids is 1. The van der Waals surface area contributed by atoms with Gasteiger partial charge in [0.1, 0.15) is 18.2 Å². The number of carbonyl (C=O) groups is 1. The number of ether oxygens (including phenoxy) is 2. The molecule has 1 amide bonds. The van der Waals surface area contributed by atoms with E-state index in [1.54, 1.807) is 25.4 Å². The molecule has 5 nitrogen and oxygen atoms in total. The molecule has 0 aliphatic carbocycles. The second-order valence-corrected chi connectivity index (χ2v) is 3.42. The van der Waals surface area contributed by atoms with Crippen molar-refractivity contribution in [1.82, 2.24) is 4.98 Å². The first-order valence-corrected chi connectivity index (χ1v) is 5.01. The van der Waals surface area contributed by atoms with Crippen molar-refractivity contribution >= 4 is 11.7 Å². The van der Waals surface area contributed by atoms with E-state index in [9.17, 15) is 4.79 Å². The highest BCUT2D eigenvalue weighted by atomic mass is 16.5. The Morgan fingerprint density at radius 2 is 2.31 bits per heavy atom. The summed E-state index contributed by atoms with van der Waals surface area (Å²) in [7, 11) is 1.63. The zero-order valence-electron chi connectivity index (χ0n) is 9.69. The van der Waals surface area contributed by atoms with E-state index in [1.165, 1.54) is 6.92 Å². The van der Waals surface area contributed by atoms with Crippen LogP contribution in [0.5, 0.6) is 5.75 Å². The van der Waals surface area contributed by atoms with E-state index in [4.69, 9.17) is 9.47 Å². The van der Waals surface area contributed by atoms with E-state index < -0.39 is 0 Å². The number of rotatable bonds is 5. The Morgan fingerprint density at radius 1 is 1.56 bits per heavy atom. The van der Waals surface area contributed by atoms with Crippen LogP contribution in [0.15, 0.2) is 18.3 Å². The van der Waals surface area contributed by atoms with E-state index in [0.29, 0.717) is 18.2 Å². The first kappa shape index (κ1) is 12.4. The van der Waals surface area contributed by atoms with Gasteiger partial charge in [0, 0.05) is 14.0 Å². The number of hydrogen-bond donors (Lipinski definition) is 1. The minimum atomic E-state index is -0.144. The molecule has 0 radical (unpaired) electrons. The molecule has 0 fully saturated rings. The molecule has 5 heteroatoms. The first-order valence-electron chi connectivity index (χ1n) is 5.01. The summed E-state index contributed by atoms with van der Waals surface area (Å²) >= 11 is 0. The molecule has 1 rings (SSSR count).